The maximum Gasteiger partial charge on any atom is 0.407 e. The summed E-state index contributed by atoms with van der Waals surface area (Å²) < 4.78 is 67.5. The number of fused-ring (bicyclic) bond motifs is 1. The number of alkyl carbamates (subject to hydrolysis) is 1. The van der Waals surface area contributed by atoms with Crippen LogP contribution in [0.15, 0.2) is 54.7 Å². The average Bonchev–Trinajstić information content (AvgIpc) is 3.26. The van der Waals surface area contributed by atoms with Crippen LogP contribution < -0.4 is 15.4 Å². The van der Waals surface area contributed by atoms with E-state index in [1.165, 1.54) is 17.4 Å². The number of carbonyl (C=O) groups is 1. The highest BCUT2D eigenvalue weighted by Crippen LogP contribution is 2.26. The van der Waals surface area contributed by atoms with E-state index in [1.807, 2.05) is 6.07 Å². The molecular formula is C29H31F4N5O4. The first kappa shape index (κ1) is 30.7. The zero-order valence-corrected chi connectivity index (χ0v) is 23.2. The minimum atomic E-state index is -2.76. The van der Waals surface area contributed by atoms with Crippen molar-refractivity contribution < 1.29 is 36.9 Å². The number of aliphatic hydroxyl groups is 1. The minimum Gasteiger partial charge on any atom is -0.470 e. The Labute approximate surface area is 239 Å². The summed E-state index contributed by atoms with van der Waals surface area (Å²) in [5.74, 6) is -1.57. The van der Waals surface area contributed by atoms with Crippen molar-refractivity contribution in [2.24, 2.45) is 0 Å². The van der Waals surface area contributed by atoms with Crippen molar-refractivity contribution in [2.75, 3.05) is 6.54 Å². The number of rotatable bonds is 12. The fraction of sp³-hybridized carbons (Fsp3) is 0.345. The van der Waals surface area contributed by atoms with Crippen molar-refractivity contribution in [3.05, 3.63) is 94.6 Å². The molecule has 13 heteroatoms. The quantitative estimate of drug-likeness (QED) is 0.155. The third kappa shape index (κ3) is 7.53. The molecule has 4 aromatic rings. The Morgan fingerprint density at radius 3 is 2.40 bits per heavy atom. The van der Waals surface area contributed by atoms with Crippen LogP contribution in [0.1, 0.15) is 47.8 Å². The molecule has 0 fully saturated rings. The predicted molar refractivity (Wildman–Crippen MR) is 145 cm³/mol. The predicted octanol–water partition coefficient (Wildman–Crippen LogP) is 5.12. The number of halogens is 4. The van der Waals surface area contributed by atoms with Crippen LogP contribution in [0.5, 0.6) is 5.88 Å². The maximum absolute atomic E-state index is 14.1. The van der Waals surface area contributed by atoms with Crippen molar-refractivity contribution in [3.8, 4) is 5.88 Å². The molecule has 0 aliphatic rings. The summed E-state index contributed by atoms with van der Waals surface area (Å²) in [5, 5.41) is 16.3. The van der Waals surface area contributed by atoms with Gasteiger partial charge in [-0.05, 0) is 38.5 Å². The number of amides is 1. The Morgan fingerprint density at radius 2 is 1.74 bits per heavy atom. The molecule has 0 saturated carbocycles. The third-order valence-corrected chi connectivity index (χ3v) is 6.50. The zero-order chi connectivity index (χ0) is 30.4. The summed E-state index contributed by atoms with van der Waals surface area (Å²) in [6.45, 7) is 3.91. The van der Waals surface area contributed by atoms with Gasteiger partial charge in [-0.25, -0.2) is 32.3 Å². The van der Waals surface area contributed by atoms with Crippen LogP contribution in [0.3, 0.4) is 0 Å². The number of carbonyl (C=O) groups excluding carboxylic acids is 1. The molecule has 224 valence electrons. The Kier molecular flexibility index (Phi) is 9.63. The lowest BCUT2D eigenvalue weighted by atomic mass is 9.98. The first-order chi connectivity index (χ1) is 20.0. The molecule has 0 saturated heterocycles. The summed E-state index contributed by atoms with van der Waals surface area (Å²) >= 11 is 0. The van der Waals surface area contributed by atoms with Crippen LogP contribution >= 0.6 is 0 Å². The number of imidazole rings is 1. The first-order valence-corrected chi connectivity index (χ1v) is 13.1. The van der Waals surface area contributed by atoms with Gasteiger partial charge in [0, 0.05) is 19.2 Å². The van der Waals surface area contributed by atoms with E-state index in [-0.39, 0.29) is 35.9 Å². The molecule has 0 spiro atoms. The van der Waals surface area contributed by atoms with Crippen LogP contribution in [0.2, 0.25) is 0 Å². The molecule has 2 aromatic heterocycles. The van der Waals surface area contributed by atoms with Crippen LogP contribution in [-0.2, 0) is 18.0 Å². The second-order valence-electron chi connectivity index (χ2n) is 10.1. The molecule has 42 heavy (non-hydrogen) atoms. The van der Waals surface area contributed by atoms with Crippen molar-refractivity contribution in [1.29, 1.82) is 0 Å². The normalized spacial score (nSPS) is 13.6. The van der Waals surface area contributed by atoms with Gasteiger partial charge in [0.15, 0.2) is 0 Å². The number of ether oxygens (including phenoxy) is 2. The largest absolute Gasteiger partial charge is 0.470 e. The van der Waals surface area contributed by atoms with E-state index in [2.05, 4.69) is 20.6 Å². The summed E-state index contributed by atoms with van der Waals surface area (Å²) in [7, 11) is 0. The zero-order valence-electron chi connectivity index (χ0n) is 23.2. The van der Waals surface area contributed by atoms with Crippen LogP contribution in [0, 0.1) is 25.5 Å². The first-order valence-electron chi connectivity index (χ1n) is 13.1. The molecule has 2 unspecified atom stereocenters. The number of aryl methyl sites for hydroxylation is 2. The van der Waals surface area contributed by atoms with E-state index in [0.717, 1.165) is 17.7 Å². The lowest BCUT2D eigenvalue weighted by molar-refractivity contribution is 0.0701. The molecule has 2 aromatic carbocycles. The molecule has 3 N–H and O–H groups in total. The van der Waals surface area contributed by atoms with Gasteiger partial charge in [0.1, 0.15) is 31.1 Å². The number of benzene rings is 2. The van der Waals surface area contributed by atoms with Crippen molar-refractivity contribution in [3.63, 3.8) is 0 Å². The lowest BCUT2D eigenvalue weighted by Gasteiger charge is -2.31. The topological polar surface area (TPSA) is 110 Å². The van der Waals surface area contributed by atoms with Crippen molar-refractivity contribution in [1.82, 2.24) is 25.0 Å². The van der Waals surface area contributed by atoms with Crippen molar-refractivity contribution >= 4 is 11.7 Å². The van der Waals surface area contributed by atoms with E-state index < -0.39 is 48.9 Å². The van der Waals surface area contributed by atoms with Gasteiger partial charge in [-0.2, -0.15) is 0 Å². The summed E-state index contributed by atoms with van der Waals surface area (Å²) in [4.78, 5) is 21.1. The van der Waals surface area contributed by atoms with Gasteiger partial charge in [-0.1, -0.05) is 36.4 Å². The van der Waals surface area contributed by atoms with Crippen LogP contribution in [0.25, 0.3) is 5.65 Å². The summed E-state index contributed by atoms with van der Waals surface area (Å²) in [5.41, 5.74) is 0.182. The molecule has 0 bridgehead atoms. The fourth-order valence-electron chi connectivity index (χ4n) is 4.44. The molecule has 2 atom stereocenters. The molecule has 0 radical (unpaired) electrons. The SMILES string of the molecule is Cc1cn2c(C(O)NCC(C)(CC(F)F)NC(=O)OCc3ccccc3)c(C)nc2c(OCc2c(F)cccc2F)n1. The van der Waals surface area contributed by atoms with Gasteiger partial charge in [0.05, 0.1) is 28.2 Å². The Hall–Kier alpha value is -4.23. The van der Waals surface area contributed by atoms with Crippen LogP contribution in [0.4, 0.5) is 22.4 Å². The average molecular weight is 590 g/mol. The Bertz CT molecular complexity index is 1520. The number of nitrogens with zero attached hydrogens (tertiary/aromatic N) is 3. The highest BCUT2D eigenvalue weighted by Gasteiger charge is 2.32. The molecule has 1 amide bonds. The highest BCUT2D eigenvalue weighted by molar-refractivity contribution is 5.68. The van der Waals surface area contributed by atoms with Gasteiger partial charge in [0.25, 0.3) is 5.88 Å². The number of hydrogen-bond acceptors (Lipinski definition) is 7. The molecular weight excluding hydrogens is 558 g/mol. The van der Waals surface area contributed by atoms with Gasteiger partial charge >= 0.3 is 6.09 Å². The molecule has 2 heterocycles. The number of aromatic nitrogens is 3. The van der Waals surface area contributed by atoms with Gasteiger partial charge in [-0.15, -0.1) is 0 Å². The van der Waals surface area contributed by atoms with Gasteiger partial charge in [0.2, 0.25) is 12.1 Å². The van der Waals surface area contributed by atoms with E-state index in [1.54, 1.807) is 44.3 Å². The fourth-order valence-corrected chi connectivity index (χ4v) is 4.44. The number of aliphatic hydroxyl groups excluding tert-OH is 1. The number of hydrogen-bond donors (Lipinski definition) is 3. The molecule has 0 aliphatic heterocycles. The minimum absolute atomic E-state index is 0.0235. The maximum atomic E-state index is 14.1. The van der Waals surface area contributed by atoms with E-state index >= 15 is 0 Å². The second-order valence-corrected chi connectivity index (χ2v) is 10.1. The smallest absolute Gasteiger partial charge is 0.407 e. The highest BCUT2D eigenvalue weighted by atomic mass is 19.3. The number of alkyl halides is 2. The van der Waals surface area contributed by atoms with Gasteiger partial charge in [-0.3, -0.25) is 9.72 Å². The lowest BCUT2D eigenvalue weighted by Crippen LogP contribution is -2.54. The molecule has 0 aliphatic carbocycles. The van der Waals surface area contributed by atoms with E-state index in [0.29, 0.717) is 11.4 Å². The van der Waals surface area contributed by atoms with Gasteiger partial charge < -0.3 is 19.9 Å². The third-order valence-electron chi connectivity index (χ3n) is 6.50. The monoisotopic (exact) mass is 589 g/mol. The Morgan fingerprint density at radius 1 is 1.05 bits per heavy atom. The van der Waals surface area contributed by atoms with Crippen LogP contribution in [-0.4, -0.2) is 44.1 Å². The van der Waals surface area contributed by atoms with E-state index in [4.69, 9.17) is 9.47 Å². The molecule has 4 rings (SSSR count). The van der Waals surface area contributed by atoms with E-state index in [9.17, 15) is 27.5 Å². The summed E-state index contributed by atoms with van der Waals surface area (Å²) in [6.07, 6.45) is -4.21. The Balaban J connectivity index is 1.49. The second kappa shape index (κ2) is 13.2. The molecule has 9 nitrogen and oxygen atoms in total. The standard InChI is InChI=1S/C29H31F4N5O4/c1-17-13-38-24(18(2)36-25(38)27(35-17)41-15-20-21(30)10-7-11-22(20)31)26(39)34-16-29(3,12-23(32)33)37-28(40)42-14-19-8-5-4-6-9-19/h4-11,13,23,26,34,39H,12,14-16H2,1-3H3,(H,37,40). The van der Waals surface area contributed by atoms with Crippen molar-refractivity contribution in [2.45, 2.75) is 58.6 Å². The number of nitrogens with one attached hydrogen (secondary N) is 2. The summed E-state index contributed by atoms with van der Waals surface area (Å²) in [6, 6.07) is 12.3.